The van der Waals surface area contributed by atoms with E-state index in [1.54, 1.807) is 18.2 Å². The Morgan fingerprint density at radius 2 is 2.28 bits per heavy atom. The zero-order valence-corrected chi connectivity index (χ0v) is 10.1. The van der Waals surface area contributed by atoms with Gasteiger partial charge in [-0.1, -0.05) is 0 Å². The lowest BCUT2D eigenvalue weighted by molar-refractivity contribution is -0.120. The first-order chi connectivity index (χ1) is 8.69. The van der Waals surface area contributed by atoms with Gasteiger partial charge in [-0.25, -0.2) is 0 Å². The van der Waals surface area contributed by atoms with Crippen LogP contribution < -0.4 is 16.4 Å². The van der Waals surface area contributed by atoms with Crippen LogP contribution in [0, 0.1) is 11.3 Å². The fourth-order valence-electron chi connectivity index (χ4n) is 1.65. The number of anilines is 2. The van der Waals surface area contributed by atoms with Crippen molar-refractivity contribution in [2.45, 2.75) is 25.3 Å². The number of amides is 1. The standard InChI is InChI=1S/C13H16N4O/c14-8-9-7-10(15)1-4-12(9)16-6-5-13(18)17-11-2-3-11/h1,4,7,11,16H,2-3,5-6,15H2,(H,17,18). The van der Waals surface area contributed by atoms with E-state index < -0.39 is 0 Å². The fourth-order valence-corrected chi connectivity index (χ4v) is 1.65. The van der Waals surface area contributed by atoms with Crippen molar-refractivity contribution in [1.82, 2.24) is 5.32 Å². The number of hydrogen-bond acceptors (Lipinski definition) is 4. The first kappa shape index (κ1) is 12.2. The highest BCUT2D eigenvalue weighted by molar-refractivity contribution is 5.77. The second-order valence-electron chi connectivity index (χ2n) is 4.44. The molecule has 4 N–H and O–H groups in total. The topological polar surface area (TPSA) is 90.9 Å². The van der Waals surface area contributed by atoms with Gasteiger partial charge in [0.2, 0.25) is 5.91 Å². The maximum atomic E-state index is 11.5. The number of hydrogen-bond donors (Lipinski definition) is 3. The maximum absolute atomic E-state index is 11.5. The van der Waals surface area contributed by atoms with Crippen molar-refractivity contribution in [2.24, 2.45) is 0 Å². The second-order valence-corrected chi connectivity index (χ2v) is 4.44. The molecule has 0 heterocycles. The second kappa shape index (κ2) is 5.41. The molecular formula is C13H16N4O. The molecule has 1 amide bonds. The number of nitrogens with two attached hydrogens (primary N) is 1. The average molecular weight is 244 g/mol. The van der Waals surface area contributed by atoms with E-state index in [2.05, 4.69) is 16.7 Å². The molecule has 0 atom stereocenters. The molecule has 0 saturated heterocycles. The van der Waals surface area contributed by atoms with Gasteiger partial charge in [-0.05, 0) is 31.0 Å². The normalized spacial score (nSPS) is 13.7. The van der Waals surface area contributed by atoms with E-state index in [0.29, 0.717) is 35.9 Å². The van der Waals surface area contributed by atoms with Crippen LogP contribution in [0.15, 0.2) is 18.2 Å². The van der Waals surface area contributed by atoms with Crippen LogP contribution in [0.5, 0.6) is 0 Å². The van der Waals surface area contributed by atoms with Gasteiger partial charge in [0.15, 0.2) is 0 Å². The number of nitrogen functional groups attached to an aromatic ring is 1. The molecule has 0 spiro atoms. The molecular weight excluding hydrogens is 228 g/mol. The van der Waals surface area contributed by atoms with E-state index in [1.807, 2.05) is 0 Å². The van der Waals surface area contributed by atoms with Gasteiger partial charge in [-0.15, -0.1) is 0 Å². The fraction of sp³-hybridized carbons (Fsp3) is 0.385. The third-order valence-electron chi connectivity index (χ3n) is 2.77. The number of nitrogens with one attached hydrogen (secondary N) is 2. The molecule has 0 unspecified atom stereocenters. The average Bonchev–Trinajstić information content (AvgIpc) is 3.14. The Morgan fingerprint density at radius 1 is 1.50 bits per heavy atom. The summed E-state index contributed by atoms with van der Waals surface area (Å²) < 4.78 is 0. The molecule has 18 heavy (non-hydrogen) atoms. The number of nitrogens with zero attached hydrogens (tertiary/aromatic N) is 1. The first-order valence-electron chi connectivity index (χ1n) is 6.02. The van der Waals surface area contributed by atoms with Crippen LogP contribution in [0.25, 0.3) is 0 Å². The summed E-state index contributed by atoms with van der Waals surface area (Å²) in [6.45, 7) is 0.511. The van der Waals surface area contributed by atoms with E-state index >= 15 is 0 Å². The highest BCUT2D eigenvalue weighted by atomic mass is 16.1. The summed E-state index contributed by atoms with van der Waals surface area (Å²) in [6.07, 6.45) is 2.59. The van der Waals surface area contributed by atoms with E-state index in [-0.39, 0.29) is 5.91 Å². The molecule has 0 aliphatic heterocycles. The van der Waals surface area contributed by atoms with Gasteiger partial charge >= 0.3 is 0 Å². The van der Waals surface area contributed by atoms with Crippen molar-refractivity contribution in [2.75, 3.05) is 17.6 Å². The molecule has 0 aromatic heterocycles. The molecule has 1 fully saturated rings. The van der Waals surface area contributed by atoms with Crippen LogP contribution in [0.4, 0.5) is 11.4 Å². The summed E-state index contributed by atoms with van der Waals surface area (Å²) >= 11 is 0. The minimum absolute atomic E-state index is 0.0546. The van der Waals surface area contributed by atoms with Crippen molar-refractivity contribution >= 4 is 17.3 Å². The predicted molar refractivity (Wildman–Crippen MR) is 69.8 cm³/mol. The number of benzene rings is 1. The van der Waals surface area contributed by atoms with Gasteiger partial charge in [-0.3, -0.25) is 4.79 Å². The molecule has 5 heteroatoms. The van der Waals surface area contributed by atoms with E-state index in [1.165, 1.54) is 0 Å². The molecule has 1 aliphatic rings. The maximum Gasteiger partial charge on any atom is 0.221 e. The lowest BCUT2D eigenvalue weighted by Gasteiger charge is -2.08. The third kappa shape index (κ3) is 3.39. The molecule has 0 radical (unpaired) electrons. The van der Waals surface area contributed by atoms with Gasteiger partial charge < -0.3 is 16.4 Å². The van der Waals surface area contributed by atoms with Crippen molar-refractivity contribution in [3.63, 3.8) is 0 Å². The zero-order chi connectivity index (χ0) is 13.0. The quantitative estimate of drug-likeness (QED) is 0.679. The minimum atomic E-state index is 0.0546. The first-order valence-corrected chi connectivity index (χ1v) is 6.02. The molecule has 1 aromatic rings. The van der Waals surface area contributed by atoms with Gasteiger partial charge in [0.25, 0.3) is 0 Å². The zero-order valence-electron chi connectivity index (χ0n) is 10.1. The Kier molecular flexibility index (Phi) is 3.68. The Bertz CT molecular complexity index is 488. The molecule has 94 valence electrons. The predicted octanol–water partition coefficient (Wildman–Crippen LogP) is 1.22. The van der Waals surface area contributed by atoms with E-state index in [4.69, 9.17) is 11.0 Å². The van der Waals surface area contributed by atoms with Gasteiger partial charge in [0.1, 0.15) is 6.07 Å². The van der Waals surface area contributed by atoms with Crippen molar-refractivity contribution in [1.29, 1.82) is 5.26 Å². The number of carbonyl (C=O) groups excluding carboxylic acids is 1. The van der Waals surface area contributed by atoms with Gasteiger partial charge in [0.05, 0.1) is 11.3 Å². The van der Waals surface area contributed by atoms with Crippen LogP contribution in [-0.4, -0.2) is 18.5 Å². The smallest absolute Gasteiger partial charge is 0.221 e. The van der Waals surface area contributed by atoms with Crippen LogP contribution in [0.2, 0.25) is 0 Å². The van der Waals surface area contributed by atoms with Gasteiger partial charge in [0, 0.05) is 24.7 Å². The Hall–Kier alpha value is -2.22. The molecule has 1 aromatic carbocycles. The minimum Gasteiger partial charge on any atom is -0.399 e. The molecule has 1 saturated carbocycles. The summed E-state index contributed by atoms with van der Waals surface area (Å²) in [5, 5.41) is 14.9. The van der Waals surface area contributed by atoms with Crippen molar-refractivity contribution in [3.05, 3.63) is 23.8 Å². The van der Waals surface area contributed by atoms with Crippen molar-refractivity contribution < 1.29 is 4.79 Å². The third-order valence-corrected chi connectivity index (χ3v) is 2.77. The summed E-state index contributed by atoms with van der Waals surface area (Å²) in [4.78, 5) is 11.5. The lowest BCUT2D eigenvalue weighted by Crippen LogP contribution is -2.27. The van der Waals surface area contributed by atoms with Crippen LogP contribution in [-0.2, 0) is 4.79 Å². The Labute approximate surface area is 106 Å². The summed E-state index contributed by atoms with van der Waals surface area (Å²) in [5.41, 5.74) is 7.37. The van der Waals surface area contributed by atoms with Crippen LogP contribution >= 0.6 is 0 Å². The SMILES string of the molecule is N#Cc1cc(N)ccc1NCCC(=O)NC1CC1. The monoisotopic (exact) mass is 244 g/mol. The van der Waals surface area contributed by atoms with Crippen molar-refractivity contribution in [3.8, 4) is 6.07 Å². The summed E-state index contributed by atoms with van der Waals surface area (Å²) in [6, 6.07) is 7.57. The summed E-state index contributed by atoms with van der Waals surface area (Å²) in [5.74, 6) is 0.0546. The lowest BCUT2D eigenvalue weighted by atomic mass is 10.1. The Balaban J connectivity index is 1.82. The van der Waals surface area contributed by atoms with Crippen LogP contribution in [0.1, 0.15) is 24.8 Å². The van der Waals surface area contributed by atoms with Gasteiger partial charge in [-0.2, -0.15) is 5.26 Å². The highest BCUT2D eigenvalue weighted by Crippen LogP contribution is 2.19. The van der Waals surface area contributed by atoms with Crippen LogP contribution in [0.3, 0.4) is 0 Å². The number of rotatable bonds is 5. The summed E-state index contributed by atoms with van der Waals surface area (Å²) in [7, 11) is 0. The number of carbonyl (C=O) groups is 1. The largest absolute Gasteiger partial charge is 0.399 e. The molecule has 0 bridgehead atoms. The molecule has 1 aliphatic carbocycles. The highest BCUT2D eigenvalue weighted by Gasteiger charge is 2.22. The Morgan fingerprint density at radius 3 is 2.94 bits per heavy atom. The molecule has 5 nitrogen and oxygen atoms in total. The van der Waals surface area contributed by atoms with E-state index in [9.17, 15) is 4.79 Å². The number of nitriles is 1. The van der Waals surface area contributed by atoms with E-state index in [0.717, 1.165) is 12.8 Å². The molecule has 2 rings (SSSR count).